The quantitative estimate of drug-likeness (QED) is 0.920. The van der Waals surface area contributed by atoms with E-state index in [1.54, 1.807) is 12.1 Å². The molecule has 2 aromatic rings. The van der Waals surface area contributed by atoms with Gasteiger partial charge in [0.15, 0.2) is 0 Å². The molecule has 0 radical (unpaired) electrons. The zero-order valence-corrected chi connectivity index (χ0v) is 13.4. The summed E-state index contributed by atoms with van der Waals surface area (Å²) in [5.74, 6) is 0.551. The summed E-state index contributed by atoms with van der Waals surface area (Å²) in [4.78, 5) is 24.4. The lowest BCUT2D eigenvalue weighted by Gasteiger charge is -2.27. The molecule has 2 aliphatic rings. The van der Waals surface area contributed by atoms with Gasteiger partial charge in [-0.25, -0.2) is 0 Å². The molecular formula is C18H20N4O2. The van der Waals surface area contributed by atoms with Gasteiger partial charge in [0, 0.05) is 24.3 Å². The van der Waals surface area contributed by atoms with Gasteiger partial charge in [0.05, 0.1) is 18.0 Å². The van der Waals surface area contributed by atoms with E-state index in [1.165, 1.54) is 30.8 Å². The van der Waals surface area contributed by atoms with Crippen molar-refractivity contribution in [2.45, 2.75) is 44.7 Å². The first-order chi connectivity index (χ1) is 11.7. The number of pyridine rings is 1. The molecule has 2 aromatic heterocycles. The lowest BCUT2D eigenvalue weighted by atomic mass is 9.91. The number of hydrogen-bond donors (Lipinski definition) is 1. The Kier molecular flexibility index (Phi) is 3.88. The van der Waals surface area contributed by atoms with E-state index in [9.17, 15) is 9.59 Å². The fraction of sp³-hybridized carbons (Fsp3) is 0.444. The Labute approximate surface area is 139 Å². The van der Waals surface area contributed by atoms with Crippen molar-refractivity contribution in [2.24, 2.45) is 5.92 Å². The lowest BCUT2D eigenvalue weighted by Crippen LogP contribution is -2.40. The number of nitrogens with zero attached hydrogens (tertiary/aromatic N) is 3. The van der Waals surface area contributed by atoms with Crippen LogP contribution in [0.1, 0.15) is 40.9 Å². The summed E-state index contributed by atoms with van der Waals surface area (Å²) in [5, 5.41) is 10.5. The van der Waals surface area contributed by atoms with E-state index in [2.05, 4.69) is 15.5 Å². The molecule has 24 heavy (non-hydrogen) atoms. The molecule has 1 N–H and O–H groups in total. The number of aromatic nitrogens is 3. The standard InChI is InChI=1S/C18H20N4O2/c23-17-6-3-13-9-15(21-18(24)14-7-8-19-20-10-14)4-5-16(13)22(17)11-12-1-2-12/h3,6-8,10,12,15H,1-2,4-5,9,11H2,(H,21,24)/t15-/m1/s1. The van der Waals surface area contributed by atoms with Crippen molar-refractivity contribution in [3.05, 3.63) is 57.8 Å². The Bertz CT molecular complexity index is 812. The molecule has 0 spiro atoms. The van der Waals surface area contributed by atoms with Gasteiger partial charge in [-0.05, 0) is 49.7 Å². The van der Waals surface area contributed by atoms with Crippen LogP contribution in [0.4, 0.5) is 0 Å². The van der Waals surface area contributed by atoms with Crippen molar-refractivity contribution in [3.63, 3.8) is 0 Å². The topological polar surface area (TPSA) is 76.9 Å². The van der Waals surface area contributed by atoms with E-state index in [-0.39, 0.29) is 17.5 Å². The number of rotatable bonds is 4. The van der Waals surface area contributed by atoms with Crippen molar-refractivity contribution in [1.82, 2.24) is 20.1 Å². The highest BCUT2D eigenvalue weighted by molar-refractivity contribution is 5.93. The van der Waals surface area contributed by atoms with Crippen LogP contribution in [0.3, 0.4) is 0 Å². The van der Waals surface area contributed by atoms with Crippen LogP contribution in [0.2, 0.25) is 0 Å². The van der Waals surface area contributed by atoms with E-state index >= 15 is 0 Å². The van der Waals surface area contributed by atoms with Crippen LogP contribution in [0.15, 0.2) is 35.4 Å². The second-order valence-corrected chi connectivity index (χ2v) is 6.74. The van der Waals surface area contributed by atoms with Crippen molar-refractivity contribution in [3.8, 4) is 0 Å². The smallest absolute Gasteiger partial charge is 0.253 e. The summed E-state index contributed by atoms with van der Waals surface area (Å²) in [6, 6.07) is 5.34. The van der Waals surface area contributed by atoms with Crippen molar-refractivity contribution in [1.29, 1.82) is 0 Å². The summed E-state index contributed by atoms with van der Waals surface area (Å²) >= 11 is 0. The second kappa shape index (κ2) is 6.19. The molecule has 6 heteroatoms. The van der Waals surface area contributed by atoms with E-state index < -0.39 is 0 Å². The van der Waals surface area contributed by atoms with E-state index in [4.69, 9.17) is 0 Å². The molecule has 1 amide bonds. The SMILES string of the molecule is O=C(N[C@@H]1CCc2c(ccc(=O)n2CC2CC2)C1)c1ccnnc1. The Morgan fingerprint density at radius 1 is 1.21 bits per heavy atom. The summed E-state index contributed by atoms with van der Waals surface area (Å²) < 4.78 is 1.96. The summed E-state index contributed by atoms with van der Waals surface area (Å²) in [5.41, 5.74) is 2.96. The first kappa shape index (κ1) is 15.1. The monoisotopic (exact) mass is 324 g/mol. The highest BCUT2D eigenvalue weighted by atomic mass is 16.1. The number of nitrogens with one attached hydrogen (secondary N) is 1. The third-order valence-electron chi connectivity index (χ3n) is 4.90. The molecule has 1 atom stereocenters. The van der Waals surface area contributed by atoms with Crippen molar-refractivity contribution in [2.75, 3.05) is 0 Å². The molecule has 0 aromatic carbocycles. The van der Waals surface area contributed by atoms with Gasteiger partial charge in [-0.3, -0.25) is 9.59 Å². The van der Waals surface area contributed by atoms with Gasteiger partial charge in [-0.1, -0.05) is 6.07 Å². The summed E-state index contributed by atoms with van der Waals surface area (Å²) in [6.07, 6.45) is 7.90. The molecule has 0 bridgehead atoms. The van der Waals surface area contributed by atoms with Crippen LogP contribution in [0.25, 0.3) is 0 Å². The van der Waals surface area contributed by atoms with Crippen LogP contribution >= 0.6 is 0 Å². The Morgan fingerprint density at radius 2 is 2.08 bits per heavy atom. The normalized spacial score (nSPS) is 19.6. The third kappa shape index (κ3) is 3.09. The molecule has 2 heterocycles. The maximum Gasteiger partial charge on any atom is 0.253 e. The van der Waals surface area contributed by atoms with Crippen molar-refractivity contribution >= 4 is 5.91 Å². The van der Waals surface area contributed by atoms with Gasteiger partial charge >= 0.3 is 0 Å². The van der Waals surface area contributed by atoms with E-state index in [0.717, 1.165) is 31.5 Å². The number of fused-ring (bicyclic) bond motifs is 1. The summed E-state index contributed by atoms with van der Waals surface area (Å²) in [6.45, 7) is 0.849. The lowest BCUT2D eigenvalue weighted by molar-refractivity contribution is 0.0932. The maximum atomic E-state index is 12.3. The second-order valence-electron chi connectivity index (χ2n) is 6.74. The van der Waals surface area contributed by atoms with E-state index in [0.29, 0.717) is 11.5 Å². The third-order valence-corrected chi connectivity index (χ3v) is 4.90. The van der Waals surface area contributed by atoms with Gasteiger partial charge in [0.1, 0.15) is 0 Å². The minimum atomic E-state index is -0.121. The van der Waals surface area contributed by atoms with Gasteiger partial charge in [0.2, 0.25) is 0 Å². The number of hydrogen-bond acceptors (Lipinski definition) is 4. The van der Waals surface area contributed by atoms with Gasteiger partial charge in [0.25, 0.3) is 11.5 Å². The Hall–Kier alpha value is -2.50. The van der Waals surface area contributed by atoms with Crippen LogP contribution < -0.4 is 10.9 Å². The van der Waals surface area contributed by atoms with Gasteiger partial charge in [-0.2, -0.15) is 10.2 Å². The fourth-order valence-electron chi connectivity index (χ4n) is 3.40. The minimum Gasteiger partial charge on any atom is -0.349 e. The molecule has 0 saturated heterocycles. The molecule has 1 saturated carbocycles. The number of carbonyl (C=O) groups is 1. The fourth-order valence-corrected chi connectivity index (χ4v) is 3.40. The van der Waals surface area contributed by atoms with Crippen LogP contribution in [-0.2, 0) is 19.4 Å². The Morgan fingerprint density at radius 3 is 2.83 bits per heavy atom. The number of carbonyl (C=O) groups excluding carboxylic acids is 1. The summed E-state index contributed by atoms with van der Waals surface area (Å²) in [7, 11) is 0. The molecule has 6 nitrogen and oxygen atoms in total. The average molecular weight is 324 g/mol. The molecular weight excluding hydrogens is 304 g/mol. The van der Waals surface area contributed by atoms with Gasteiger partial charge < -0.3 is 9.88 Å². The Balaban J connectivity index is 1.50. The predicted octanol–water partition coefficient (Wildman–Crippen LogP) is 1.34. The molecule has 2 aliphatic carbocycles. The zero-order valence-electron chi connectivity index (χ0n) is 13.4. The predicted molar refractivity (Wildman–Crippen MR) is 88.7 cm³/mol. The minimum absolute atomic E-state index is 0.0880. The van der Waals surface area contributed by atoms with Crippen LogP contribution in [0, 0.1) is 5.92 Å². The number of amides is 1. The van der Waals surface area contributed by atoms with Crippen LogP contribution in [0.5, 0.6) is 0 Å². The molecule has 4 rings (SSSR count). The highest BCUT2D eigenvalue weighted by Gasteiger charge is 2.27. The molecule has 0 unspecified atom stereocenters. The average Bonchev–Trinajstić information content (AvgIpc) is 3.42. The molecule has 124 valence electrons. The maximum absolute atomic E-state index is 12.3. The van der Waals surface area contributed by atoms with E-state index in [1.807, 2.05) is 10.6 Å². The largest absolute Gasteiger partial charge is 0.349 e. The zero-order chi connectivity index (χ0) is 16.5. The first-order valence-corrected chi connectivity index (χ1v) is 8.50. The first-order valence-electron chi connectivity index (χ1n) is 8.50. The highest BCUT2D eigenvalue weighted by Crippen LogP contribution is 2.31. The molecule has 1 fully saturated rings. The molecule has 0 aliphatic heterocycles. The van der Waals surface area contributed by atoms with Crippen LogP contribution in [-0.4, -0.2) is 26.7 Å². The van der Waals surface area contributed by atoms with Gasteiger partial charge in [-0.15, -0.1) is 0 Å². The van der Waals surface area contributed by atoms with Crippen molar-refractivity contribution < 1.29 is 4.79 Å².